The van der Waals surface area contributed by atoms with Crippen molar-refractivity contribution in [3.63, 3.8) is 0 Å². The number of thiazole rings is 1. The van der Waals surface area contributed by atoms with Crippen molar-refractivity contribution in [1.29, 1.82) is 0 Å². The van der Waals surface area contributed by atoms with Gasteiger partial charge in [0.25, 0.3) is 0 Å². The molecule has 0 saturated heterocycles. The normalized spacial score (nSPS) is 17.8. The third kappa shape index (κ3) is 3.96. The second-order valence-corrected chi connectivity index (χ2v) is 5.59. The first-order valence-corrected chi connectivity index (χ1v) is 7.06. The Balaban J connectivity index is 1.80. The highest BCUT2D eigenvalue weighted by atomic mass is 32.1. The zero-order valence-corrected chi connectivity index (χ0v) is 11.7. The monoisotopic (exact) mass is 268 g/mol. The van der Waals surface area contributed by atoms with Gasteiger partial charge in [-0.1, -0.05) is 0 Å². The predicted octanol–water partition coefficient (Wildman–Crippen LogP) is 1.46. The number of aromatic nitrogens is 1. The Hall–Kier alpha value is -1.14. The molecule has 5 nitrogen and oxygen atoms in total. The topological polar surface area (TPSA) is 72.5 Å². The molecular weight excluding hydrogens is 248 g/mol. The highest BCUT2D eigenvalue weighted by Gasteiger charge is 2.25. The summed E-state index contributed by atoms with van der Waals surface area (Å²) >= 11 is 1.66. The van der Waals surface area contributed by atoms with Crippen molar-refractivity contribution in [3.05, 3.63) is 16.1 Å². The minimum atomic E-state index is 0.164. The summed E-state index contributed by atoms with van der Waals surface area (Å²) in [5.41, 5.74) is 7.02. The van der Waals surface area contributed by atoms with E-state index in [4.69, 9.17) is 10.5 Å². The van der Waals surface area contributed by atoms with E-state index in [2.05, 4.69) is 20.7 Å². The molecule has 1 heterocycles. The molecule has 0 aliphatic heterocycles. The molecule has 1 fully saturated rings. The van der Waals surface area contributed by atoms with Gasteiger partial charge in [0.05, 0.1) is 18.8 Å². The Labute approximate surface area is 111 Å². The number of rotatable bonds is 6. The molecule has 1 atom stereocenters. The Morgan fingerprint density at radius 3 is 3.17 bits per heavy atom. The number of ether oxygens (including phenoxy) is 1. The van der Waals surface area contributed by atoms with Crippen LogP contribution in [0.15, 0.2) is 10.4 Å². The molecule has 100 valence electrons. The van der Waals surface area contributed by atoms with Gasteiger partial charge in [0.1, 0.15) is 5.01 Å². The van der Waals surface area contributed by atoms with Crippen molar-refractivity contribution >= 4 is 17.3 Å². The van der Waals surface area contributed by atoms with Crippen molar-refractivity contribution in [2.75, 3.05) is 13.7 Å². The molecule has 6 heteroatoms. The van der Waals surface area contributed by atoms with Crippen LogP contribution in [0.25, 0.3) is 0 Å². The van der Waals surface area contributed by atoms with Crippen LogP contribution in [0.4, 0.5) is 0 Å². The maximum absolute atomic E-state index is 5.79. The van der Waals surface area contributed by atoms with E-state index >= 15 is 0 Å². The van der Waals surface area contributed by atoms with Gasteiger partial charge in [0.2, 0.25) is 0 Å². The van der Waals surface area contributed by atoms with Crippen LogP contribution in [0.1, 0.15) is 36.4 Å². The van der Waals surface area contributed by atoms with E-state index in [1.807, 2.05) is 6.92 Å². The largest absolute Gasteiger partial charge is 0.383 e. The van der Waals surface area contributed by atoms with E-state index in [1.54, 1.807) is 18.4 Å². The van der Waals surface area contributed by atoms with Gasteiger partial charge in [0.15, 0.2) is 5.96 Å². The molecule has 3 N–H and O–H groups in total. The number of methoxy groups -OCH3 is 1. The zero-order chi connectivity index (χ0) is 13.0. The average molecular weight is 268 g/mol. The summed E-state index contributed by atoms with van der Waals surface area (Å²) in [6.45, 7) is 3.16. The molecule has 1 aromatic rings. The molecule has 1 aliphatic rings. The van der Waals surface area contributed by atoms with Gasteiger partial charge in [-0.05, 0) is 19.8 Å². The van der Waals surface area contributed by atoms with Crippen LogP contribution in [-0.2, 0) is 11.3 Å². The molecule has 2 rings (SSSR count). The molecule has 1 saturated carbocycles. The number of nitrogens with two attached hydrogens (primary N) is 1. The smallest absolute Gasteiger partial charge is 0.189 e. The first-order valence-electron chi connectivity index (χ1n) is 6.18. The van der Waals surface area contributed by atoms with E-state index < -0.39 is 0 Å². The predicted molar refractivity (Wildman–Crippen MR) is 73.9 cm³/mol. The van der Waals surface area contributed by atoms with Crippen LogP contribution in [0.3, 0.4) is 0 Å². The van der Waals surface area contributed by atoms with Gasteiger partial charge in [-0.2, -0.15) is 0 Å². The molecule has 0 bridgehead atoms. The molecule has 0 aromatic carbocycles. The quantitative estimate of drug-likeness (QED) is 0.605. The number of hydrogen-bond acceptors (Lipinski definition) is 4. The Morgan fingerprint density at radius 1 is 1.72 bits per heavy atom. The van der Waals surface area contributed by atoms with Crippen molar-refractivity contribution < 1.29 is 4.74 Å². The van der Waals surface area contributed by atoms with Crippen molar-refractivity contribution in [2.24, 2.45) is 10.7 Å². The first-order chi connectivity index (χ1) is 8.69. The van der Waals surface area contributed by atoms with Gasteiger partial charge in [-0.15, -0.1) is 11.3 Å². The Bertz CT molecular complexity index is 414. The summed E-state index contributed by atoms with van der Waals surface area (Å²) in [5, 5.41) is 6.24. The summed E-state index contributed by atoms with van der Waals surface area (Å²) in [6.07, 6.45) is 2.56. The van der Waals surface area contributed by atoms with Crippen LogP contribution in [-0.4, -0.2) is 30.7 Å². The minimum Gasteiger partial charge on any atom is -0.383 e. The zero-order valence-electron chi connectivity index (χ0n) is 10.8. The molecule has 1 unspecified atom stereocenters. The lowest BCUT2D eigenvalue weighted by molar-refractivity contribution is 0.179. The Kier molecular flexibility index (Phi) is 4.54. The summed E-state index contributed by atoms with van der Waals surface area (Å²) in [4.78, 5) is 8.85. The summed E-state index contributed by atoms with van der Waals surface area (Å²) in [7, 11) is 1.67. The summed E-state index contributed by atoms with van der Waals surface area (Å²) < 4.78 is 5.02. The summed E-state index contributed by atoms with van der Waals surface area (Å²) in [5.74, 6) is 1.15. The molecular formula is C12H20N4OS. The molecule has 1 aromatic heterocycles. The van der Waals surface area contributed by atoms with E-state index in [-0.39, 0.29) is 6.04 Å². The molecule has 18 heavy (non-hydrogen) atoms. The maximum Gasteiger partial charge on any atom is 0.189 e. The molecule has 1 aliphatic carbocycles. The number of nitrogens with one attached hydrogen (secondary N) is 1. The lowest BCUT2D eigenvalue weighted by Gasteiger charge is -2.12. The molecule has 0 radical (unpaired) electrons. The number of guanidine groups is 1. The van der Waals surface area contributed by atoms with E-state index in [0.29, 0.717) is 25.0 Å². The van der Waals surface area contributed by atoms with Crippen LogP contribution >= 0.6 is 11.3 Å². The minimum absolute atomic E-state index is 0.164. The third-order valence-corrected chi connectivity index (χ3v) is 3.61. The first kappa shape index (κ1) is 13.3. The second kappa shape index (κ2) is 6.15. The van der Waals surface area contributed by atoms with Gasteiger partial charge >= 0.3 is 0 Å². The fourth-order valence-electron chi connectivity index (χ4n) is 1.71. The third-order valence-electron chi connectivity index (χ3n) is 2.76. The number of hydrogen-bond donors (Lipinski definition) is 2. The maximum atomic E-state index is 5.79. The fraction of sp³-hybridized carbons (Fsp3) is 0.667. The molecule has 0 amide bonds. The average Bonchev–Trinajstić information content (AvgIpc) is 3.06. The standard InChI is InChI=1S/C12H20N4OS/c1-8(6-17-2)15-12(13)14-5-11-16-10(7-18-11)9-3-4-9/h7-9H,3-6H2,1-2H3,(H3,13,14,15). The van der Waals surface area contributed by atoms with Crippen LogP contribution in [0, 0.1) is 0 Å². The summed E-state index contributed by atoms with van der Waals surface area (Å²) in [6, 6.07) is 0.164. The lowest BCUT2D eigenvalue weighted by atomic mass is 10.3. The second-order valence-electron chi connectivity index (χ2n) is 4.64. The fourth-order valence-corrected chi connectivity index (χ4v) is 2.51. The SMILES string of the molecule is COCC(C)NC(N)=NCc1nc(C2CC2)cs1. The van der Waals surface area contributed by atoms with Crippen LogP contribution in [0.2, 0.25) is 0 Å². The van der Waals surface area contributed by atoms with Gasteiger partial charge < -0.3 is 15.8 Å². The van der Waals surface area contributed by atoms with Gasteiger partial charge in [0, 0.05) is 24.4 Å². The highest BCUT2D eigenvalue weighted by Crippen LogP contribution is 2.40. The van der Waals surface area contributed by atoms with Crippen molar-refractivity contribution in [2.45, 2.75) is 38.3 Å². The number of aliphatic imine (C=N–C) groups is 1. The van der Waals surface area contributed by atoms with Gasteiger partial charge in [-0.25, -0.2) is 9.98 Å². The van der Waals surface area contributed by atoms with E-state index in [1.165, 1.54) is 18.5 Å². The molecule has 0 spiro atoms. The van der Waals surface area contributed by atoms with E-state index in [9.17, 15) is 0 Å². The number of nitrogens with zero attached hydrogens (tertiary/aromatic N) is 2. The van der Waals surface area contributed by atoms with Gasteiger partial charge in [-0.3, -0.25) is 0 Å². The lowest BCUT2D eigenvalue weighted by Crippen LogP contribution is -2.40. The van der Waals surface area contributed by atoms with Crippen LogP contribution in [0.5, 0.6) is 0 Å². The van der Waals surface area contributed by atoms with Crippen LogP contribution < -0.4 is 11.1 Å². The highest BCUT2D eigenvalue weighted by molar-refractivity contribution is 7.09. The van der Waals surface area contributed by atoms with Crippen molar-refractivity contribution in [1.82, 2.24) is 10.3 Å². The Morgan fingerprint density at radius 2 is 2.50 bits per heavy atom. The van der Waals surface area contributed by atoms with E-state index in [0.717, 1.165) is 5.01 Å². The van der Waals surface area contributed by atoms with Crippen molar-refractivity contribution in [3.8, 4) is 0 Å².